The summed E-state index contributed by atoms with van der Waals surface area (Å²) < 4.78 is 17.1. The highest BCUT2D eigenvalue weighted by molar-refractivity contribution is 5.76. The molecule has 0 saturated heterocycles. The molecule has 2 aromatic heterocycles. The minimum absolute atomic E-state index is 0.215. The molecule has 0 spiro atoms. The molecule has 2 heterocycles. The molecule has 0 bridgehead atoms. The molecule has 8 heteroatoms. The molecule has 3 rings (SSSR count). The molecule has 164 valence electrons. The third-order valence-corrected chi connectivity index (χ3v) is 5.08. The van der Waals surface area contributed by atoms with Crippen LogP contribution >= 0.6 is 0 Å². The van der Waals surface area contributed by atoms with E-state index in [1.54, 1.807) is 4.90 Å². The zero-order valence-corrected chi connectivity index (χ0v) is 18.3. The number of primary amides is 1. The maximum Gasteiger partial charge on any atom is 0.221 e. The molecule has 3 aromatic rings. The predicted molar refractivity (Wildman–Crippen MR) is 118 cm³/mol. The molecule has 1 amide bonds. The predicted octanol–water partition coefficient (Wildman–Crippen LogP) is 2.98. The number of aromatic nitrogens is 4. The Bertz CT molecular complexity index is 1030. The second-order valence-electron chi connectivity index (χ2n) is 7.77. The van der Waals surface area contributed by atoms with Crippen molar-refractivity contribution in [2.24, 2.45) is 5.73 Å². The normalized spacial score (nSPS) is 11.0. The van der Waals surface area contributed by atoms with Gasteiger partial charge in [-0.1, -0.05) is 31.2 Å². The molecule has 0 aliphatic heterocycles. The number of amides is 1. The number of rotatable bonds is 10. The molecule has 0 unspecified atom stereocenters. The topological polar surface area (TPSA) is 89.9 Å². The van der Waals surface area contributed by atoms with Gasteiger partial charge in [0.15, 0.2) is 11.6 Å². The summed E-state index contributed by atoms with van der Waals surface area (Å²) in [5.41, 5.74) is 9.49. The van der Waals surface area contributed by atoms with Gasteiger partial charge < -0.3 is 10.6 Å². The average Bonchev–Trinajstić information content (AvgIpc) is 3.06. The van der Waals surface area contributed by atoms with Crippen molar-refractivity contribution >= 4 is 11.7 Å². The van der Waals surface area contributed by atoms with Crippen LogP contribution in [0.2, 0.25) is 0 Å². The minimum atomic E-state index is -0.395. The van der Waals surface area contributed by atoms with Gasteiger partial charge >= 0.3 is 0 Å². The number of benzene rings is 1. The van der Waals surface area contributed by atoms with E-state index in [2.05, 4.69) is 22.0 Å². The number of nitrogens with zero attached hydrogens (tertiary/aromatic N) is 5. The Kier molecular flexibility index (Phi) is 7.33. The lowest BCUT2D eigenvalue weighted by molar-refractivity contribution is -0.117. The smallest absolute Gasteiger partial charge is 0.221 e. The molecular formula is C23H29FN6O. The zero-order valence-electron chi connectivity index (χ0n) is 18.3. The Hall–Kier alpha value is -3.29. The van der Waals surface area contributed by atoms with Gasteiger partial charge in [0, 0.05) is 13.6 Å². The number of hydrogen-bond donors (Lipinski definition) is 1. The van der Waals surface area contributed by atoms with Gasteiger partial charge in [-0.2, -0.15) is 5.10 Å². The van der Waals surface area contributed by atoms with Crippen LogP contribution in [0.1, 0.15) is 41.6 Å². The number of hydrogen-bond acceptors (Lipinski definition) is 5. The first-order valence-electron chi connectivity index (χ1n) is 10.5. The molecule has 7 nitrogen and oxygen atoms in total. The lowest BCUT2D eigenvalue weighted by Crippen LogP contribution is -2.22. The van der Waals surface area contributed by atoms with Crippen molar-refractivity contribution < 1.29 is 9.18 Å². The summed E-state index contributed by atoms with van der Waals surface area (Å²) >= 11 is 0. The molecule has 0 radical (unpaired) electrons. The van der Waals surface area contributed by atoms with E-state index in [0.29, 0.717) is 25.1 Å². The highest BCUT2D eigenvalue weighted by Crippen LogP contribution is 2.20. The molecule has 0 fully saturated rings. The Morgan fingerprint density at radius 3 is 2.55 bits per heavy atom. The quantitative estimate of drug-likeness (QED) is 0.540. The van der Waals surface area contributed by atoms with Crippen LogP contribution in [-0.2, 0) is 37.1 Å². The molecule has 0 atom stereocenters. The molecular weight excluding hydrogens is 395 g/mol. The summed E-state index contributed by atoms with van der Waals surface area (Å²) in [7, 11) is 1.82. The average molecular weight is 425 g/mol. The van der Waals surface area contributed by atoms with Gasteiger partial charge in [0.25, 0.3) is 0 Å². The van der Waals surface area contributed by atoms with Gasteiger partial charge in [0.1, 0.15) is 6.33 Å². The number of halogens is 1. The van der Waals surface area contributed by atoms with Crippen LogP contribution in [0.25, 0.3) is 0 Å². The molecule has 31 heavy (non-hydrogen) atoms. The summed E-state index contributed by atoms with van der Waals surface area (Å²) in [6.07, 6.45) is 3.70. The second kappa shape index (κ2) is 10.1. The van der Waals surface area contributed by atoms with E-state index in [1.807, 2.05) is 49.0 Å². The van der Waals surface area contributed by atoms with Crippen LogP contribution in [0, 0.1) is 12.7 Å². The lowest BCUT2D eigenvalue weighted by Gasteiger charge is -2.20. The fourth-order valence-corrected chi connectivity index (χ4v) is 3.57. The van der Waals surface area contributed by atoms with E-state index >= 15 is 4.39 Å². The first kappa shape index (κ1) is 22.4. The van der Waals surface area contributed by atoms with E-state index < -0.39 is 5.82 Å². The third kappa shape index (κ3) is 5.87. The van der Waals surface area contributed by atoms with Crippen LogP contribution < -0.4 is 10.6 Å². The summed E-state index contributed by atoms with van der Waals surface area (Å²) in [5.74, 6) is -0.474. The molecule has 1 aromatic carbocycles. The van der Waals surface area contributed by atoms with Crippen LogP contribution in [0.15, 0.2) is 36.7 Å². The van der Waals surface area contributed by atoms with Crippen LogP contribution in [0.4, 0.5) is 10.2 Å². The standard InChI is InChI=1S/C23H29FN6O/c1-4-11-30-19(12-16(2)28-30)14-29(3)23-22(24)20(26-15-27-23)10-9-17-5-7-18(8-6-17)13-21(25)31/h5-8,12,15H,4,9-11,13-14H2,1-3H3,(H2,25,31). The van der Waals surface area contributed by atoms with Crippen molar-refractivity contribution in [2.45, 2.75) is 52.6 Å². The molecule has 0 aliphatic carbocycles. The number of carbonyl (C=O) groups excluding carboxylic acids is 1. The highest BCUT2D eigenvalue weighted by Gasteiger charge is 2.17. The summed E-state index contributed by atoms with van der Waals surface area (Å²) in [4.78, 5) is 21.1. The van der Waals surface area contributed by atoms with Crippen LogP contribution in [-0.4, -0.2) is 32.7 Å². The summed E-state index contributed by atoms with van der Waals surface area (Å²) in [6.45, 7) is 5.40. The molecule has 0 saturated carbocycles. The fraction of sp³-hybridized carbons (Fsp3) is 0.391. The van der Waals surface area contributed by atoms with E-state index in [4.69, 9.17) is 5.73 Å². The van der Waals surface area contributed by atoms with Gasteiger partial charge in [-0.25, -0.2) is 14.4 Å². The minimum Gasteiger partial charge on any atom is -0.369 e. The zero-order chi connectivity index (χ0) is 22.4. The van der Waals surface area contributed by atoms with Crippen LogP contribution in [0.3, 0.4) is 0 Å². The van der Waals surface area contributed by atoms with E-state index in [1.165, 1.54) is 6.33 Å². The highest BCUT2D eigenvalue weighted by atomic mass is 19.1. The maximum absolute atomic E-state index is 15.1. The third-order valence-electron chi connectivity index (χ3n) is 5.08. The summed E-state index contributed by atoms with van der Waals surface area (Å²) in [6, 6.07) is 9.63. The van der Waals surface area contributed by atoms with E-state index in [-0.39, 0.29) is 18.1 Å². The maximum atomic E-state index is 15.1. The van der Waals surface area contributed by atoms with Crippen molar-refractivity contribution in [1.29, 1.82) is 0 Å². The molecule has 2 N–H and O–H groups in total. The molecule has 0 aliphatic rings. The van der Waals surface area contributed by atoms with Gasteiger partial charge in [-0.15, -0.1) is 0 Å². The van der Waals surface area contributed by atoms with Gasteiger partial charge in [-0.3, -0.25) is 9.48 Å². The first-order valence-corrected chi connectivity index (χ1v) is 10.5. The van der Waals surface area contributed by atoms with Crippen molar-refractivity contribution in [3.63, 3.8) is 0 Å². The monoisotopic (exact) mass is 424 g/mol. The second-order valence-corrected chi connectivity index (χ2v) is 7.77. The Morgan fingerprint density at radius 1 is 1.16 bits per heavy atom. The van der Waals surface area contributed by atoms with E-state index in [9.17, 15) is 4.79 Å². The lowest BCUT2D eigenvalue weighted by atomic mass is 10.0. The number of anilines is 1. The van der Waals surface area contributed by atoms with Crippen LogP contribution in [0.5, 0.6) is 0 Å². The fourth-order valence-electron chi connectivity index (χ4n) is 3.57. The first-order chi connectivity index (χ1) is 14.9. The van der Waals surface area contributed by atoms with Crippen molar-refractivity contribution in [1.82, 2.24) is 19.7 Å². The number of carbonyl (C=O) groups is 1. The largest absolute Gasteiger partial charge is 0.369 e. The number of nitrogens with two attached hydrogens (primary N) is 1. The van der Waals surface area contributed by atoms with Crippen molar-refractivity contribution in [2.75, 3.05) is 11.9 Å². The van der Waals surface area contributed by atoms with Crippen molar-refractivity contribution in [3.05, 3.63) is 70.7 Å². The SMILES string of the molecule is CCCn1nc(C)cc1CN(C)c1ncnc(CCc2ccc(CC(N)=O)cc2)c1F. The van der Waals surface area contributed by atoms with E-state index in [0.717, 1.165) is 35.5 Å². The Morgan fingerprint density at radius 2 is 1.87 bits per heavy atom. The Balaban J connectivity index is 1.69. The van der Waals surface area contributed by atoms with Gasteiger partial charge in [0.05, 0.1) is 30.0 Å². The Labute approximate surface area is 182 Å². The van der Waals surface area contributed by atoms with Gasteiger partial charge in [0.2, 0.25) is 5.91 Å². The number of aryl methyl sites for hydroxylation is 4. The van der Waals surface area contributed by atoms with Gasteiger partial charge in [-0.05, 0) is 43.4 Å². The summed E-state index contributed by atoms with van der Waals surface area (Å²) in [5, 5.41) is 4.51. The van der Waals surface area contributed by atoms with Crippen molar-refractivity contribution in [3.8, 4) is 0 Å².